The molecule has 0 amide bonds. The average Bonchev–Trinajstić information content (AvgIpc) is 2.96. The lowest BCUT2D eigenvalue weighted by molar-refractivity contribution is 0.0978. The van der Waals surface area contributed by atoms with Crippen LogP contribution >= 0.6 is 0 Å². The van der Waals surface area contributed by atoms with Gasteiger partial charge >= 0.3 is 0 Å². The molecule has 0 bridgehead atoms. The maximum absolute atomic E-state index is 14.4. The maximum atomic E-state index is 14.4. The first-order valence-corrected chi connectivity index (χ1v) is 17.3. The first-order chi connectivity index (χ1) is 20.0. The number of benzene rings is 2. The highest BCUT2D eigenvalue weighted by Crippen LogP contribution is 2.39. The number of Topliss-reactive ketones (excluding diaryl/α,β-unsaturated/α-hetero) is 1. The minimum absolute atomic E-state index is 0.139. The van der Waals surface area contributed by atoms with Crippen molar-refractivity contribution in [2.24, 2.45) is 0 Å². The van der Waals surface area contributed by atoms with E-state index in [9.17, 15) is 9.90 Å². The first kappa shape index (κ1) is 35.8. The minimum atomic E-state index is -0.232. The van der Waals surface area contributed by atoms with Crippen molar-refractivity contribution in [3.8, 4) is 0 Å². The third-order valence-corrected chi connectivity index (χ3v) is 9.42. The number of rotatable bonds is 18. The third kappa shape index (κ3) is 9.32. The highest BCUT2D eigenvalue weighted by atomic mass is 16.3. The SMILES string of the molecule is CCCC(C)c1ccc(C(C)CCC)c(/C=C(\O)C(=O)c2cc(C(C)CCC)cc(C(C)CCC)c2C(C)CCC)c1. The monoisotopic (exact) mass is 574 g/mol. The van der Waals surface area contributed by atoms with Crippen molar-refractivity contribution in [1.82, 2.24) is 0 Å². The number of carbonyl (C=O) groups excluding carboxylic acids is 1. The second-order valence-electron chi connectivity index (χ2n) is 13.3. The molecule has 0 aliphatic rings. The van der Waals surface area contributed by atoms with Crippen LogP contribution < -0.4 is 0 Å². The minimum Gasteiger partial charge on any atom is -0.504 e. The summed E-state index contributed by atoms with van der Waals surface area (Å²) >= 11 is 0. The summed E-state index contributed by atoms with van der Waals surface area (Å²) in [6.45, 7) is 22.5. The Morgan fingerprint density at radius 2 is 1.10 bits per heavy atom. The quantitative estimate of drug-likeness (QED) is 0.109. The summed E-state index contributed by atoms with van der Waals surface area (Å²) in [7, 11) is 0. The number of aliphatic hydroxyl groups is 1. The summed E-state index contributed by atoms with van der Waals surface area (Å²) in [6, 6.07) is 11.2. The Kier molecular flexibility index (Phi) is 15.1. The number of carbonyl (C=O) groups is 1. The van der Waals surface area contributed by atoms with E-state index in [2.05, 4.69) is 99.6 Å². The van der Waals surface area contributed by atoms with Crippen molar-refractivity contribution >= 4 is 11.9 Å². The number of aliphatic hydroxyl groups excluding tert-OH is 1. The molecular formula is C40H62O2. The van der Waals surface area contributed by atoms with E-state index in [4.69, 9.17) is 0 Å². The Morgan fingerprint density at radius 3 is 1.64 bits per heavy atom. The van der Waals surface area contributed by atoms with Crippen molar-refractivity contribution in [1.29, 1.82) is 0 Å². The van der Waals surface area contributed by atoms with Crippen LogP contribution in [0.2, 0.25) is 0 Å². The number of ketones is 1. The van der Waals surface area contributed by atoms with Crippen molar-refractivity contribution in [3.63, 3.8) is 0 Å². The highest BCUT2D eigenvalue weighted by molar-refractivity contribution is 6.11. The van der Waals surface area contributed by atoms with E-state index >= 15 is 0 Å². The lowest BCUT2D eigenvalue weighted by Gasteiger charge is -2.26. The van der Waals surface area contributed by atoms with Gasteiger partial charge in [0.15, 0.2) is 5.76 Å². The summed E-state index contributed by atoms with van der Waals surface area (Å²) in [6.07, 6.45) is 12.7. The third-order valence-electron chi connectivity index (χ3n) is 9.42. The van der Waals surface area contributed by atoms with Gasteiger partial charge in [-0.25, -0.2) is 0 Å². The zero-order chi connectivity index (χ0) is 31.4. The van der Waals surface area contributed by atoms with E-state index in [0.717, 1.165) is 75.3 Å². The molecule has 0 spiro atoms. The van der Waals surface area contributed by atoms with E-state index in [1.807, 2.05) is 0 Å². The lowest BCUT2D eigenvalue weighted by Crippen LogP contribution is -2.15. The van der Waals surface area contributed by atoms with E-state index < -0.39 is 0 Å². The maximum Gasteiger partial charge on any atom is 0.227 e. The molecule has 5 atom stereocenters. The molecule has 5 unspecified atom stereocenters. The van der Waals surface area contributed by atoms with Gasteiger partial charge in [0.05, 0.1) is 0 Å². The molecule has 0 aliphatic heterocycles. The molecule has 0 aliphatic carbocycles. The first-order valence-electron chi connectivity index (χ1n) is 17.3. The molecule has 42 heavy (non-hydrogen) atoms. The molecular weight excluding hydrogens is 512 g/mol. The van der Waals surface area contributed by atoms with Gasteiger partial charge in [-0.1, -0.05) is 126 Å². The molecule has 2 aromatic rings. The Labute approximate surface area is 259 Å². The molecule has 0 saturated heterocycles. The van der Waals surface area contributed by atoms with Crippen LogP contribution in [-0.2, 0) is 0 Å². The molecule has 0 heterocycles. The summed E-state index contributed by atoms with van der Waals surface area (Å²) in [5, 5.41) is 11.6. The molecule has 0 aromatic heterocycles. The molecule has 0 radical (unpaired) electrons. The van der Waals surface area contributed by atoms with E-state index in [1.54, 1.807) is 6.08 Å². The number of hydrogen-bond donors (Lipinski definition) is 1. The molecule has 2 aromatic carbocycles. The van der Waals surface area contributed by atoms with E-state index in [0.29, 0.717) is 29.2 Å². The Morgan fingerprint density at radius 1 is 0.619 bits per heavy atom. The summed E-state index contributed by atoms with van der Waals surface area (Å²) < 4.78 is 0. The zero-order valence-corrected chi connectivity index (χ0v) is 28.8. The molecule has 2 rings (SSSR count). The second kappa shape index (κ2) is 17.7. The van der Waals surface area contributed by atoms with Crippen LogP contribution in [0.4, 0.5) is 0 Å². The Bertz CT molecular complexity index is 1160. The van der Waals surface area contributed by atoms with Crippen LogP contribution in [0.15, 0.2) is 36.1 Å². The fourth-order valence-corrected chi connectivity index (χ4v) is 6.91. The van der Waals surface area contributed by atoms with Crippen LogP contribution in [-0.4, -0.2) is 10.9 Å². The van der Waals surface area contributed by atoms with Crippen LogP contribution in [0.3, 0.4) is 0 Å². The van der Waals surface area contributed by atoms with Crippen molar-refractivity contribution in [2.45, 2.75) is 163 Å². The molecule has 234 valence electrons. The van der Waals surface area contributed by atoms with Gasteiger partial charge in [0.1, 0.15) is 0 Å². The van der Waals surface area contributed by atoms with Gasteiger partial charge in [-0.2, -0.15) is 0 Å². The van der Waals surface area contributed by atoms with Crippen molar-refractivity contribution < 1.29 is 9.90 Å². The predicted molar refractivity (Wildman–Crippen MR) is 184 cm³/mol. The molecule has 2 heteroatoms. The van der Waals surface area contributed by atoms with Crippen molar-refractivity contribution in [2.75, 3.05) is 0 Å². The van der Waals surface area contributed by atoms with Gasteiger partial charge in [-0.05, 0) is 107 Å². The summed E-state index contributed by atoms with van der Waals surface area (Å²) in [5.74, 6) is 1.42. The van der Waals surface area contributed by atoms with Crippen LogP contribution in [0, 0.1) is 0 Å². The van der Waals surface area contributed by atoms with Gasteiger partial charge < -0.3 is 5.11 Å². The normalized spacial score (nSPS) is 15.7. The van der Waals surface area contributed by atoms with E-state index in [-0.39, 0.29) is 17.5 Å². The average molecular weight is 575 g/mol. The van der Waals surface area contributed by atoms with Gasteiger partial charge in [0.25, 0.3) is 0 Å². The zero-order valence-electron chi connectivity index (χ0n) is 28.8. The highest BCUT2D eigenvalue weighted by Gasteiger charge is 2.26. The molecule has 0 saturated carbocycles. The van der Waals surface area contributed by atoms with Crippen LogP contribution in [0.1, 0.15) is 207 Å². The summed E-state index contributed by atoms with van der Waals surface area (Å²) in [5.41, 5.74) is 7.88. The smallest absolute Gasteiger partial charge is 0.227 e. The Hall–Kier alpha value is -2.35. The predicted octanol–water partition coefficient (Wildman–Crippen LogP) is 13.0. The van der Waals surface area contributed by atoms with Gasteiger partial charge in [0.2, 0.25) is 5.78 Å². The second-order valence-corrected chi connectivity index (χ2v) is 13.3. The largest absolute Gasteiger partial charge is 0.504 e. The van der Waals surface area contributed by atoms with Crippen LogP contribution in [0.5, 0.6) is 0 Å². The van der Waals surface area contributed by atoms with Gasteiger partial charge in [0, 0.05) is 5.56 Å². The van der Waals surface area contributed by atoms with Gasteiger partial charge in [-0.15, -0.1) is 0 Å². The number of hydrogen-bond acceptors (Lipinski definition) is 2. The lowest BCUT2D eigenvalue weighted by atomic mass is 9.78. The topological polar surface area (TPSA) is 37.3 Å². The summed E-state index contributed by atoms with van der Waals surface area (Å²) in [4.78, 5) is 14.4. The van der Waals surface area contributed by atoms with Crippen molar-refractivity contribution in [3.05, 3.63) is 75.0 Å². The number of allylic oxidation sites excluding steroid dienone is 1. The van der Waals surface area contributed by atoms with Crippen LogP contribution in [0.25, 0.3) is 6.08 Å². The fourth-order valence-electron chi connectivity index (χ4n) is 6.91. The van der Waals surface area contributed by atoms with E-state index in [1.165, 1.54) is 22.3 Å². The molecule has 1 N–H and O–H groups in total. The fraction of sp³-hybridized carbons (Fsp3) is 0.625. The molecule has 2 nitrogen and oxygen atoms in total. The van der Waals surface area contributed by atoms with Gasteiger partial charge in [-0.3, -0.25) is 4.79 Å². The Balaban J connectivity index is 2.79. The molecule has 0 fully saturated rings. The standard InChI is InChI=1S/C40H62O2/c1-11-16-27(6)32-21-22-35(29(8)18-13-3)34(23-32)26-38(41)40(42)37-25-33(28(7)17-12-2)24-36(30(9)19-14-4)39(37)31(10)20-15-5/h21-31,41H,11-20H2,1-10H3/b38-26-.